The standard InChI is InChI=1S/C24H40NO5S/c1-23(2,3)14-18(26)17-9-7-16(8-10-17)15-25-21(28)13-19(22(25)29)31(30)12-11-20(27)24(4,5)6/h16-17,19,30H,7-15H2,1-6H3/q+1. The van der Waals surface area contributed by atoms with E-state index in [0.717, 1.165) is 25.7 Å². The predicted octanol–water partition coefficient (Wildman–Crippen LogP) is 4.02. The second-order valence-corrected chi connectivity index (χ2v) is 13.3. The Bertz CT molecular complexity index is 698. The van der Waals surface area contributed by atoms with E-state index in [1.165, 1.54) is 4.90 Å². The lowest BCUT2D eigenvalue weighted by Crippen LogP contribution is -2.40. The summed E-state index contributed by atoms with van der Waals surface area (Å²) in [5.74, 6) is 0.387. The van der Waals surface area contributed by atoms with Gasteiger partial charge in [-0.2, -0.15) is 4.55 Å². The van der Waals surface area contributed by atoms with Gasteiger partial charge in [0.05, 0.1) is 12.8 Å². The third-order valence-electron chi connectivity index (χ3n) is 6.35. The Balaban J connectivity index is 1.84. The Labute approximate surface area is 190 Å². The molecular weight excluding hydrogens is 414 g/mol. The first-order valence-corrected chi connectivity index (χ1v) is 12.9. The highest BCUT2D eigenvalue weighted by Crippen LogP contribution is 2.34. The molecule has 0 aromatic heterocycles. The molecule has 2 rings (SSSR count). The molecule has 1 aliphatic carbocycles. The summed E-state index contributed by atoms with van der Waals surface area (Å²) in [5, 5.41) is -0.718. The number of ketones is 2. The summed E-state index contributed by atoms with van der Waals surface area (Å²) in [7, 11) is 0. The SMILES string of the molecule is CC(C)(C)CC(=O)C1CCC(CN2C(=O)CC([S+](O)CCC(=O)C(C)(C)C)C2=O)CC1. The summed E-state index contributed by atoms with van der Waals surface area (Å²) in [6, 6.07) is 0. The Morgan fingerprint density at radius 3 is 2.13 bits per heavy atom. The number of hydrogen-bond donors (Lipinski definition) is 1. The number of nitrogens with zero attached hydrogens (tertiary/aromatic N) is 1. The highest BCUT2D eigenvalue weighted by atomic mass is 32.2. The van der Waals surface area contributed by atoms with Crippen molar-refractivity contribution in [2.45, 2.75) is 91.7 Å². The van der Waals surface area contributed by atoms with Crippen LogP contribution in [0.3, 0.4) is 0 Å². The zero-order valence-corrected chi connectivity index (χ0v) is 20.8. The van der Waals surface area contributed by atoms with Crippen LogP contribution < -0.4 is 0 Å². The fourth-order valence-corrected chi connectivity index (χ4v) is 5.74. The normalized spacial score (nSPS) is 26.3. The fraction of sp³-hybridized carbons (Fsp3) is 0.833. The van der Waals surface area contributed by atoms with Gasteiger partial charge < -0.3 is 0 Å². The second kappa shape index (κ2) is 10.2. The molecule has 0 radical (unpaired) electrons. The molecule has 2 fully saturated rings. The lowest BCUT2D eigenvalue weighted by atomic mass is 9.76. The molecule has 7 heteroatoms. The zero-order valence-electron chi connectivity index (χ0n) is 20.0. The minimum absolute atomic E-state index is 0.00353. The molecule has 1 saturated heterocycles. The summed E-state index contributed by atoms with van der Waals surface area (Å²) >= 11 is -1.28. The summed E-state index contributed by atoms with van der Waals surface area (Å²) in [5.41, 5.74) is -0.477. The van der Waals surface area contributed by atoms with Crippen LogP contribution in [0.15, 0.2) is 0 Å². The lowest BCUT2D eigenvalue weighted by molar-refractivity contribution is -0.139. The summed E-state index contributed by atoms with van der Waals surface area (Å²) in [4.78, 5) is 51.2. The maximum Gasteiger partial charge on any atom is 0.286 e. The highest BCUT2D eigenvalue weighted by molar-refractivity contribution is 7.92. The lowest BCUT2D eigenvalue weighted by Gasteiger charge is -2.31. The van der Waals surface area contributed by atoms with E-state index < -0.39 is 21.8 Å². The molecule has 0 aromatic rings. The van der Waals surface area contributed by atoms with Gasteiger partial charge in [0.1, 0.15) is 17.3 Å². The largest absolute Gasteiger partial charge is 0.299 e. The molecule has 0 spiro atoms. The molecule has 2 atom stereocenters. The van der Waals surface area contributed by atoms with E-state index in [9.17, 15) is 23.7 Å². The predicted molar refractivity (Wildman–Crippen MR) is 124 cm³/mol. The van der Waals surface area contributed by atoms with E-state index in [-0.39, 0.29) is 53.4 Å². The van der Waals surface area contributed by atoms with Crippen molar-refractivity contribution >= 4 is 34.6 Å². The molecule has 1 N–H and O–H groups in total. The fourth-order valence-electron chi connectivity index (χ4n) is 4.36. The number of hydrogen-bond acceptors (Lipinski definition) is 5. The van der Waals surface area contributed by atoms with E-state index in [1.54, 1.807) is 0 Å². The van der Waals surface area contributed by atoms with Gasteiger partial charge >= 0.3 is 0 Å². The van der Waals surface area contributed by atoms with Crippen LogP contribution in [0.5, 0.6) is 0 Å². The van der Waals surface area contributed by atoms with Gasteiger partial charge in [-0.3, -0.25) is 24.1 Å². The Morgan fingerprint density at radius 2 is 1.61 bits per heavy atom. The third-order valence-corrected chi connectivity index (χ3v) is 8.00. The molecular formula is C24H40NO5S+. The maximum atomic E-state index is 12.8. The summed E-state index contributed by atoms with van der Waals surface area (Å²) < 4.78 is 10.5. The molecule has 0 bridgehead atoms. The van der Waals surface area contributed by atoms with Crippen molar-refractivity contribution in [2.75, 3.05) is 12.3 Å². The first kappa shape index (κ1) is 26.0. The number of imide groups is 1. The minimum Gasteiger partial charge on any atom is -0.299 e. The van der Waals surface area contributed by atoms with Crippen LogP contribution in [0.2, 0.25) is 0 Å². The number of likely N-dealkylation sites (tertiary alicyclic amines) is 1. The molecule has 6 nitrogen and oxygen atoms in total. The van der Waals surface area contributed by atoms with Crippen molar-refractivity contribution in [1.29, 1.82) is 0 Å². The zero-order chi connectivity index (χ0) is 23.6. The number of carbonyl (C=O) groups is 4. The van der Waals surface area contributed by atoms with Crippen LogP contribution in [-0.4, -0.2) is 50.4 Å². The van der Waals surface area contributed by atoms with E-state index in [2.05, 4.69) is 20.8 Å². The smallest absolute Gasteiger partial charge is 0.286 e. The average molecular weight is 455 g/mol. The van der Waals surface area contributed by atoms with E-state index in [1.807, 2.05) is 20.8 Å². The van der Waals surface area contributed by atoms with Crippen molar-refractivity contribution < 1.29 is 23.7 Å². The third kappa shape index (κ3) is 7.41. The second-order valence-electron chi connectivity index (χ2n) is 11.5. The van der Waals surface area contributed by atoms with Crippen molar-refractivity contribution in [3.8, 4) is 0 Å². The first-order valence-electron chi connectivity index (χ1n) is 11.5. The van der Waals surface area contributed by atoms with Crippen LogP contribution in [-0.2, 0) is 30.4 Å². The molecule has 0 aromatic carbocycles. The van der Waals surface area contributed by atoms with Crippen LogP contribution in [0.25, 0.3) is 0 Å². The Kier molecular flexibility index (Phi) is 8.53. The van der Waals surface area contributed by atoms with Crippen LogP contribution in [0, 0.1) is 22.7 Å². The van der Waals surface area contributed by atoms with E-state index in [4.69, 9.17) is 0 Å². The van der Waals surface area contributed by atoms with Crippen molar-refractivity contribution in [2.24, 2.45) is 22.7 Å². The first-order chi connectivity index (χ1) is 14.2. The summed E-state index contributed by atoms with van der Waals surface area (Å²) in [6.07, 6.45) is 4.15. The van der Waals surface area contributed by atoms with Crippen LogP contribution in [0.4, 0.5) is 0 Å². The Morgan fingerprint density at radius 1 is 1.03 bits per heavy atom. The molecule has 2 aliphatic rings. The monoisotopic (exact) mass is 454 g/mol. The van der Waals surface area contributed by atoms with E-state index in [0.29, 0.717) is 18.7 Å². The summed E-state index contributed by atoms with van der Waals surface area (Å²) in [6.45, 7) is 12.1. The number of rotatable bonds is 8. The number of amides is 2. The van der Waals surface area contributed by atoms with Gasteiger partial charge in [-0.05, 0) is 37.0 Å². The van der Waals surface area contributed by atoms with Gasteiger partial charge in [-0.15, -0.1) is 0 Å². The Hall–Kier alpha value is -1.21. The van der Waals surface area contributed by atoms with Gasteiger partial charge in [-0.1, -0.05) is 41.5 Å². The molecule has 31 heavy (non-hydrogen) atoms. The molecule has 1 aliphatic heterocycles. The number of Topliss-reactive ketones (excluding diaryl/α,β-unsaturated/α-hetero) is 2. The van der Waals surface area contributed by atoms with Crippen molar-refractivity contribution in [1.82, 2.24) is 4.90 Å². The van der Waals surface area contributed by atoms with Crippen LogP contribution >= 0.6 is 0 Å². The average Bonchev–Trinajstić information content (AvgIpc) is 2.92. The topological polar surface area (TPSA) is 91.8 Å². The molecule has 176 valence electrons. The van der Waals surface area contributed by atoms with Crippen LogP contribution in [0.1, 0.15) is 86.5 Å². The van der Waals surface area contributed by atoms with Crippen molar-refractivity contribution in [3.05, 3.63) is 0 Å². The van der Waals surface area contributed by atoms with Gasteiger partial charge in [-0.25, -0.2) is 0 Å². The maximum absolute atomic E-state index is 12.8. The molecule has 2 unspecified atom stereocenters. The highest BCUT2D eigenvalue weighted by Gasteiger charge is 2.50. The van der Waals surface area contributed by atoms with Gasteiger partial charge in [0.15, 0.2) is 11.2 Å². The van der Waals surface area contributed by atoms with E-state index >= 15 is 0 Å². The molecule has 2 amide bonds. The molecule has 1 saturated carbocycles. The quantitative estimate of drug-likeness (QED) is 0.442. The number of carbonyl (C=O) groups excluding carboxylic acids is 4. The van der Waals surface area contributed by atoms with Crippen molar-refractivity contribution in [3.63, 3.8) is 0 Å². The minimum atomic E-state index is -1.28. The molecule has 1 heterocycles. The van der Waals surface area contributed by atoms with Gasteiger partial charge in [0.2, 0.25) is 11.2 Å². The van der Waals surface area contributed by atoms with Gasteiger partial charge in [0.25, 0.3) is 5.91 Å². The van der Waals surface area contributed by atoms with Gasteiger partial charge in [0, 0.05) is 24.3 Å².